The molecule has 0 radical (unpaired) electrons. The maximum absolute atomic E-state index is 12.7. The van der Waals surface area contributed by atoms with Gasteiger partial charge in [0.1, 0.15) is 0 Å². The van der Waals surface area contributed by atoms with Crippen LogP contribution in [-0.4, -0.2) is 35.8 Å². The Morgan fingerprint density at radius 2 is 1.76 bits per heavy atom. The van der Waals surface area contributed by atoms with E-state index < -0.39 is 5.91 Å². The number of nitrogens with zero attached hydrogens (tertiary/aromatic N) is 1. The van der Waals surface area contributed by atoms with E-state index in [0.717, 1.165) is 18.4 Å². The molecule has 0 aromatic heterocycles. The van der Waals surface area contributed by atoms with E-state index in [-0.39, 0.29) is 31.1 Å². The quantitative estimate of drug-likeness (QED) is 0.760. The summed E-state index contributed by atoms with van der Waals surface area (Å²) >= 11 is 0. The van der Waals surface area contributed by atoms with E-state index in [9.17, 15) is 9.59 Å². The second kappa shape index (κ2) is 9.56. The average Bonchev–Trinajstić information content (AvgIpc) is 2.60. The predicted octanol–water partition coefficient (Wildman–Crippen LogP) is 2.62. The fourth-order valence-electron chi connectivity index (χ4n) is 3.63. The van der Waals surface area contributed by atoms with Crippen LogP contribution in [0.1, 0.15) is 57.6 Å². The second-order valence-corrected chi connectivity index (χ2v) is 7.32. The SMILES string of the molecule is CC(C)N(CC(N)=O)CC(=O)NC(c1ccccc1)C1CCCCC1. The highest BCUT2D eigenvalue weighted by atomic mass is 16.2. The van der Waals surface area contributed by atoms with Crippen molar-refractivity contribution < 1.29 is 9.59 Å². The molecular weight excluding hydrogens is 314 g/mol. The van der Waals surface area contributed by atoms with E-state index in [4.69, 9.17) is 5.73 Å². The first-order valence-electron chi connectivity index (χ1n) is 9.34. The molecule has 0 heterocycles. The molecule has 1 aromatic carbocycles. The lowest BCUT2D eigenvalue weighted by molar-refractivity contribution is -0.125. The van der Waals surface area contributed by atoms with Gasteiger partial charge >= 0.3 is 0 Å². The molecule has 1 aliphatic rings. The molecule has 1 saturated carbocycles. The van der Waals surface area contributed by atoms with Gasteiger partial charge in [0.05, 0.1) is 19.1 Å². The van der Waals surface area contributed by atoms with Crippen molar-refractivity contribution in [3.05, 3.63) is 35.9 Å². The van der Waals surface area contributed by atoms with Crippen molar-refractivity contribution in [1.29, 1.82) is 0 Å². The summed E-state index contributed by atoms with van der Waals surface area (Å²) in [4.78, 5) is 25.7. The number of rotatable bonds is 8. The molecule has 1 aromatic rings. The van der Waals surface area contributed by atoms with Crippen LogP contribution in [-0.2, 0) is 9.59 Å². The standard InChI is InChI=1S/C20H31N3O2/c1-15(2)23(13-18(21)24)14-19(25)22-20(16-9-5-3-6-10-16)17-11-7-4-8-12-17/h3,5-6,9-10,15,17,20H,4,7-8,11-14H2,1-2H3,(H2,21,24)(H,22,25). The van der Waals surface area contributed by atoms with Crippen molar-refractivity contribution >= 4 is 11.8 Å². The zero-order chi connectivity index (χ0) is 18.2. The summed E-state index contributed by atoms with van der Waals surface area (Å²) in [7, 11) is 0. The number of benzene rings is 1. The molecule has 25 heavy (non-hydrogen) atoms. The van der Waals surface area contributed by atoms with Gasteiger partial charge in [0.2, 0.25) is 11.8 Å². The molecule has 5 nitrogen and oxygen atoms in total. The van der Waals surface area contributed by atoms with Crippen molar-refractivity contribution in [2.24, 2.45) is 11.7 Å². The summed E-state index contributed by atoms with van der Waals surface area (Å²) in [5, 5.41) is 3.23. The highest BCUT2D eigenvalue weighted by Gasteiger charge is 2.27. The maximum atomic E-state index is 12.7. The highest BCUT2D eigenvalue weighted by Crippen LogP contribution is 2.34. The van der Waals surface area contributed by atoms with Gasteiger partial charge in [-0.2, -0.15) is 0 Å². The molecule has 3 N–H and O–H groups in total. The predicted molar refractivity (Wildman–Crippen MR) is 99.8 cm³/mol. The molecule has 0 aliphatic heterocycles. The third-order valence-corrected chi connectivity index (χ3v) is 5.03. The van der Waals surface area contributed by atoms with Crippen molar-refractivity contribution in [3.63, 3.8) is 0 Å². The Hall–Kier alpha value is -1.88. The zero-order valence-corrected chi connectivity index (χ0v) is 15.4. The molecule has 0 bridgehead atoms. The molecule has 0 spiro atoms. The van der Waals surface area contributed by atoms with Crippen LogP contribution in [0.15, 0.2) is 30.3 Å². The van der Waals surface area contributed by atoms with E-state index in [1.165, 1.54) is 19.3 Å². The van der Waals surface area contributed by atoms with Crippen LogP contribution in [0.2, 0.25) is 0 Å². The molecule has 5 heteroatoms. The molecule has 1 aliphatic carbocycles. The maximum Gasteiger partial charge on any atom is 0.234 e. The van der Waals surface area contributed by atoms with E-state index >= 15 is 0 Å². The van der Waals surface area contributed by atoms with Gasteiger partial charge in [0.15, 0.2) is 0 Å². The van der Waals surface area contributed by atoms with Crippen LogP contribution >= 0.6 is 0 Å². The average molecular weight is 345 g/mol. The van der Waals surface area contributed by atoms with Crippen molar-refractivity contribution in [2.75, 3.05) is 13.1 Å². The van der Waals surface area contributed by atoms with Gasteiger partial charge < -0.3 is 11.1 Å². The van der Waals surface area contributed by atoms with Crippen LogP contribution in [0, 0.1) is 5.92 Å². The topological polar surface area (TPSA) is 75.4 Å². The summed E-state index contributed by atoms with van der Waals surface area (Å²) in [5.41, 5.74) is 6.46. The van der Waals surface area contributed by atoms with E-state index in [0.29, 0.717) is 5.92 Å². The Labute approximate surface area is 151 Å². The Bertz CT molecular complexity index is 553. The van der Waals surface area contributed by atoms with E-state index in [2.05, 4.69) is 17.4 Å². The minimum atomic E-state index is -0.409. The number of nitrogens with two attached hydrogens (primary N) is 1. The number of primary amides is 1. The number of hydrogen-bond donors (Lipinski definition) is 2. The Kier molecular flexibility index (Phi) is 7.44. The molecule has 2 rings (SSSR count). The number of carbonyl (C=O) groups excluding carboxylic acids is 2. The van der Waals surface area contributed by atoms with Gasteiger partial charge in [0, 0.05) is 6.04 Å². The molecule has 138 valence electrons. The summed E-state index contributed by atoms with van der Waals surface area (Å²) < 4.78 is 0. The Morgan fingerprint density at radius 3 is 2.32 bits per heavy atom. The number of amides is 2. The van der Waals surface area contributed by atoms with Crippen LogP contribution in [0.25, 0.3) is 0 Å². The first-order chi connectivity index (χ1) is 12.0. The van der Waals surface area contributed by atoms with Gasteiger partial charge in [-0.1, -0.05) is 49.6 Å². The largest absolute Gasteiger partial charge is 0.369 e. The van der Waals surface area contributed by atoms with Crippen LogP contribution in [0.5, 0.6) is 0 Å². The number of carbonyl (C=O) groups is 2. The smallest absolute Gasteiger partial charge is 0.234 e. The lowest BCUT2D eigenvalue weighted by Crippen LogP contribution is -2.46. The van der Waals surface area contributed by atoms with Gasteiger partial charge in [0.25, 0.3) is 0 Å². The van der Waals surface area contributed by atoms with E-state index in [1.54, 1.807) is 4.90 Å². The summed E-state index contributed by atoms with van der Waals surface area (Å²) in [6.07, 6.45) is 6.03. The minimum absolute atomic E-state index is 0.0385. The second-order valence-electron chi connectivity index (χ2n) is 7.32. The van der Waals surface area contributed by atoms with Gasteiger partial charge in [-0.3, -0.25) is 14.5 Å². The fourth-order valence-corrected chi connectivity index (χ4v) is 3.63. The van der Waals surface area contributed by atoms with Gasteiger partial charge in [-0.15, -0.1) is 0 Å². The first kappa shape index (κ1) is 19.4. The van der Waals surface area contributed by atoms with Crippen LogP contribution in [0.4, 0.5) is 0 Å². The zero-order valence-electron chi connectivity index (χ0n) is 15.4. The lowest BCUT2D eigenvalue weighted by atomic mass is 9.81. The molecule has 2 amide bonds. The molecule has 1 atom stereocenters. The van der Waals surface area contributed by atoms with Gasteiger partial charge in [-0.05, 0) is 38.2 Å². The molecular formula is C20H31N3O2. The minimum Gasteiger partial charge on any atom is -0.369 e. The van der Waals surface area contributed by atoms with Crippen molar-refractivity contribution in [2.45, 2.75) is 58.0 Å². The van der Waals surface area contributed by atoms with E-state index in [1.807, 2.05) is 32.0 Å². The highest BCUT2D eigenvalue weighted by molar-refractivity contribution is 5.80. The van der Waals surface area contributed by atoms with Crippen molar-refractivity contribution in [1.82, 2.24) is 10.2 Å². The summed E-state index contributed by atoms with van der Waals surface area (Å²) in [5.74, 6) is 0.0199. The third-order valence-electron chi connectivity index (χ3n) is 5.03. The fraction of sp³-hybridized carbons (Fsp3) is 0.600. The number of hydrogen-bond acceptors (Lipinski definition) is 3. The summed E-state index contributed by atoms with van der Waals surface area (Å²) in [6.45, 7) is 4.22. The normalized spacial score (nSPS) is 16.8. The monoisotopic (exact) mass is 345 g/mol. The number of nitrogens with one attached hydrogen (secondary N) is 1. The molecule has 0 saturated heterocycles. The first-order valence-corrected chi connectivity index (χ1v) is 9.34. The summed E-state index contributed by atoms with van der Waals surface area (Å²) in [6, 6.07) is 10.3. The Balaban J connectivity index is 2.07. The van der Waals surface area contributed by atoms with Crippen molar-refractivity contribution in [3.8, 4) is 0 Å². The third kappa shape index (κ3) is 6.16. The van der Waals surface area contributed by atoms with Crippen LogP contribution < -0.4 is 11.1 Å². The Morgan fingerprint density at radius 1 is 1.12 bits per heavy atom. The molecule has 1 fully saturated rings. The van der Waals surface area contributed by atoms with Gasteiger partial charge in [-0.25, -0.2) is 0 Å². The lowest BCUT2D eigenvalue weighted by Gasteiger charge is -2.32. The van der Waals surface area contributed by atoms with Crippen LogP contribution in [0.3, 0.4) is 0 Å². The molecule has 1 unspecified atom stereocenters.